The van der Waals surface area contributed by atoms with Gasteiger partial charge in [-0.25, -0.2) is 9.97 Å². The molecule has 29 heavy (non-hydrogen) atoms. The van der Waals surface area contributed by atoms with Gasteiger partial charge in [0.05, 0.1) is 6.33 Å². The molecule has 0 aliphatic carbocycles. The highest BCUT2D eigenvalue weighted by molar-refractivity contribution is 5.94. The van der Waals surface area contributed by atoms with Crippen molar-refractivity contribution in [1.82, 2.24) is 28.9 Å². The summed E-state index contributed by atoms with van der Waals surface area (Å²) in [6, 6.07) is 7.93. The van der Waals surface area contributed by atoms with Crippen molar-refractivity contribution in [1.29, 1.82) is 0 Å². The first-order valence-electron chi connectivity index (χ1n) is 10.3. The van der Waals surface area contributed by atoms with Gasteiger partial charge in [-0.2, -0.15) is 0 Å². The molecule has 3 heterocycles. The van der Waals surface area contributed by atoms with Gasteiger partial charge in [-0.05, 0) is 17.7 Å². The second-order valence-electron chi connectivity index (χ2n) is 7.46. The van der Waals surface area contributed by atoms with E-state index in [2.05, 4.69) is 32.6 Å². The number of carbonyl (C=O) groups excluding carboxylic acids is 1. The minimum atomic E-state index is 0.127. The Labute approximate surface area is 171 Å². The Bertz CT molecular complexity index is 907. The normalized spacial score (nSPS) is 15.0. The van der Waals surface area contributed by atoms with E-state index in [9.17, 15) is 4.79 Å². The highest BCUT2D eigenvalue weighted by Crippen LogP contribution is 2.12. The first-order chi connectivity index (χ1) is 14.2. The Hall–Kier alpha value is -2.93. The molecular formula is C22H28N6O. The Morgan fingerprint density at radius 1 is 1.00 bits per heavy atom. The summed E-state index contributed by atoms with van der Waals surface area (Å²) in [5.41, 5.74) is 1.93. The number of piperazine rings is 1. The summed E-state index contributed by atoms with van der Waals surface area (Å²) >= 11 is 0. The van der Waals surface area contributed by atoms with Crippen LogP contribution in [0.15, 0.2) is 55.4 Å². The van der Waals surface area contributed by atoms with E-state index in [4.69, 9.17) is 0 Å². The standard InChI is InChI=1S/C22H28N6O/c1-2-21-24-8-10-27(21)14-11-25-12-15-28(16-13-25)22(29)20-5-3-19(4-6-20)17-26-9-7-23-18-26/h3-10,18H,2,11-17H2,1H3. The lowest BCUT2D eigenvalue weighted by Crippen LogP contribution is -2.49. The molecule has 1 saturated heterocycles. The van der Waals surface area contributed by atoms with Crippen LogP contribution < -0.4 is 0 Å². The Kier molecular flexibility index (Phi) is 6.05. The maximum atomic E-state index is 12.8. The van der Waals surface area contributed by atoms with Gasteiger partial charge in [0.1, 0.15) is 5.82 Å². The summed E-state index contributed by atoms with van der Waals surface area (Å²) in [7, 11) is 0. The molecule has 0 radical (unpaired) electrons. The fourth-order valence-corrected chi connectivity index (χ4v) is 3.81. The number of nitrogens with zero attached hydrogens (tertiary/aromatic N) is 6. The topological polar surface area (TPSA) is 59.2 Å². The third-order valence-corrected chi connectivity index (χ3v) is 5.56. The van der Waals surface area contributed by atoms with E-state index in [1.807, 2.05) is 46.1 Å². The van der Waals surface area contributed by atoms with E-state index in [-0.39, 0.29) is 5.91 Å². The number of carbonyl (C=O) groups is 1. The quantitative estimate of drug-likeness (QED) is 0.618. The summed E-state index contributed by atoms with van der Waals surface area (Å²) in [6.07, 6.45) is 10.4. The van der Waals surface area contributed by atoms with Gasteiger partial charge in [0, 0.05) is 82.6 Å². The highest BCUT2D eigenvalue weighted by atomic mass is 16.2. The Morgan fingerprint density at radius 2 is 1.79 bits per heavy atom. The molecule has 7 nitrogen and oxygen atoms in total. The van der Waals surface area contributed by atoms with E-state index >= 15 is 0 Å². The predicted molar refractivity (Wildman–Crippen MR) is 112 cm³/mol. The van der Waals surface area contributed by atoms with Gasteiger partial charge in [0.25, 0.3) is 5.91 Å². The second kappa shape index (κ2) is 9.05. The first-order valence-corrected chi connectivity index (χ1v) is 10.3. The van der Waals surface area contributed by atoms with Crippen molar-refractivity contribution in [3.63, 3.8) is 0 Å². The predicted octanol–water partition coefficient (Wildman–Crippen LogP) is 2.15. The SMILES string of the molecule is CCc1nccn1CCN1CCN(C(=O)c2ccc(Cn3ccnc3)cc2)CC1. The van der Waals surface area contributed by atoms with Gasteiger partial charge in [0.15, 0.2) is 0 Å². The molecular weight excluding hydrogens is 364 g/mol. The van der Waals surface area contributed by atoms with Crippen LogP contribution in [0.25, 0.3) is 0 Å². The monoisotopic (exact) mass is 392 g/mol. The molecule has 1 aromatic carbocycles. The van der Waals surface area contributed by atoms with E-state index in [1.165, 1.54) is 0 Å². The van der Waals surface area contributed by atoms with Gasteiger partial charge in [0.2, 0.25) is 0 Å². The molecule has 0 atom stereocenters. The lowest BCUT2D eigenvalue weighted by molar-refractivity contribution is 0.0633. The average molecular weight is 393 g/mol. The van der Waals surface area contributed by atoms with Gasteiger partial charge >= 0.3 is 0 Å². The molecule has 4 rings (SSSR count). The van der Waals surface area contributed by atoms with Crippen LogP contribution in [0.4, 0.5) is 0 Å². The Morgan fingerprint density at radius 3 is 2.48 bits per heavy atom. The first kappa shape index (κ1) is 19.4. The van der Waals surface area contributed by atoms with Crippen LogP contribution in [0, 0.1) is 0 Å². The maximum absolute atomic E-state index is 12.8. The molecule has 0 unspecified atom stereocenters. The third kappa shape index (κ3) is 4.74. The van der Waals surface area contributed by atoms with Gasteiger partial charge in [-0.1, -0.05) is 19.1 Å². The van der Waals surface area contributed by atoms with Gasteiger partial charge in [-0.15, -0.1) is 0 Å². The van der Waals surface area contributed by atoms with Crippen molar-refractivity contribution in [2.45, 2.75) is 26.4 Å². The molecule has 1 amide bonds. The number of amides is 1. The minimum Gasteiger partial charge on any atom is -0.336 e. The number of imidazole rings is 2. The van der Waals surface area contributed by atoms with Crippen molar-refractivity contribution in [2.75, 3.05) is 32.7 Å². The zero-order valence-electron chi connectivity index (χ0n) is 16.9. The van der Waals surface area contributed by atoms with Gasteiger partial charge in [-0.3, -0.25) is 9.69 Å². The second-order valence-corrected chi connectivity index (χ2v) is 7.46. The van der Waals surface area contributed by atoms with Crippen molar-refractivity contribution in [3.05, 3.63) is 72.3 Å². The van der Waals surface area contributed by atoms with Crippen molar-refractivity contribution < 1.29 is 4.79 Å². The lowest BCUT2D eigenvalue weighted by atomic mass is 10.1. The van der Waals surface area contributed by atoms with Crippen molar-refractivity contribution in [3.8, 4) is 0 Å². The number of aromatic nitrogens is 4. The number of hydrogen-bond donors (Lipinski definition) is 0. The molecule has 2 aromatic heterocycles. The van der Waals surface area contributed by atoms with Gasteiger partial charge < -0.3 is 14.0 Å². The van der Waals surface area contributed by atoms with Crippen LogP contribution in [0.5, 0.6) is 0 Å². The zero-order chi connectivity index (χ0) is 20.1. The van der Waals surface area contributed by atoms with Crippen LogP contribution in [-0.2, 0) is 19.5 Å². The molecule has 1 aliphatic heterocycles. The maximum Gasteiger partial charge on any atom is 0.253 e. The summed E-state index contributed by atoms with van der Waals surface area (Å²) in [5, 5.41) is 0. The number of hydrogen-bond acceptors (Lipinski definition) is 4. The average Bonchev–Trinajstić information content (AvgIpc) is 3.44. The van der Waals surface area contributed by atoms with Crippen LogP contribution >= 0.6 is 0 Å². The van der Waals surface area contributed by atoms with E-state index in [0.29, 0.717) is 0 Å². The smallest absolute Gasteiger partial charge is 0.253 e. The van der Waals surface area contributed by atoms with Crippen LogP contribution in [0.1, 0.15) is 28.7 Å². The fraction of sp³-hybridized carbons (Fsp3) is 0.409. The molecule has 0 bridgehead atoms. The summed E-state index contributed by atoms with van der Waals surface area (Å²) in [5.74, 6) is 1.26. The highest BCUT2D eigenvalue weighted by Gasteiger charge is 2.22. The number of aryl methyl sites for hydroxylation is 1. The number of rotatable bonds is 7. The largest absolute Gasteiger partial charge is 0.336 e. The summed E-state index contributed by atoms with van der Waals surface area (Å²) in [6.45, 7) is 8.24. The Balaban J connectivity index is 1.26. The van der Waals surface area contributed by atoms with E-state index in [0.717, 1.165) is 69.2 Å². The summed E-state index contributed by atoms with van der Waals surface area (Å²) < 4.78 is 4.24. The fourth-order valence-electron chi connectivity index (χ4n) is 3.81. The van der Waals surface area contributed by atoms with Crippen molar-refractivity contribution in [2.24, 2.45) is 0 Å². The summed E-state index contributed by atoms with van der Waals surface area (Å²) in [4.78, 5) is 25.7. The van der Waals surface area contributed by atoms with E-state index in [1.54, 1.807) is 12.5 Å². The molecule has 152 valence electrons. The molecule has 1 fully saturated rings. The number of benzene rings is 1. The van der Waals surface area contributed by atoms with Crippen LogP contribution in [0.2, 0.25) is 0 Å². The molecule has 3 aromatic rings. The zero-order valence-corrected chi connectivity index (χ0v) is 16.9. The molecule has 0 saturated carbocycles. The lowest BCUT2D eigenvalue weighted by Gasteiger charge is -2.35. The molecule has 1 aliphatic rings. The minimum absolute atomic E-state index is 0.127. The third-order valence-electron chi connectivity index (χ3n) is 5.56. The molecule has 0 spiro atoms. The van der Waals surface area contributed by atoms with Crippen LogP contribution in [-0.4, -0.2) is 67.5 Å². The molecule has 7 heteroatoms. The van der Waals surface area contributed by atoms with E-state index < -0.39 is 0 Å². The molecule has 0 N–H and O–H groups in total. The van der Waals surface area contributed by atoms with Crippen LogP contribution in [0.3, 0.4) is 0 Å². The van der Waals surface area contributed by atoms with Crippen molar-refractivity contribution >= 4 is 5.91 Å².